The van der Waals surface area contributed by atoms with E-state index < -0.39 is 76.4 Å². The maximum atomic E-state index is 14.2. The predicted octanol–water partition coefficient (Wildman–Crippen LogP) is 0.518. The minimum absolute atomic E-state index is 0.0292. The van der Waals surface area contributed by atoms with Gasteiger partial charge in [0.25, 0.3) is 0 Å². The van der Waals surface area contributed by atoms with E-state index in [0.29, 0.717) is 11.3 Å². The summed E-state index contributed by atoms with van der Waals surface area (Å²) in [6, 6.07) is 12.3. The molecule has 12 nitrogen and oxygen atoms in total. The highest BCUT2D eigenvalue weighted by Crippen LogP contribution is 2.55. The van der Waals surface area contributed by atoms with Crippen LogP contribution in [0.5, 0.6) is 5.75 Å². The number of nitrogens with two attached hydrogens (primary N) is 1. The third kappa shape index (κ3) is 5.18. The van der Waals surface area contributed by atoms with Crippen LogP contribution in [0.2, 0.25) is 0 Å². The lowest BCUT2D eigenvalue weighted by Crippen LogP contribution is -2.77. The summed E-state index contributed by atoms with van der Waals surface area (Å²) >= 11 is 0. The lowest BCUT2D eigenvalue weighted by Gasteiger charge is -2.56. The van der Waals surface area contributed by atoms with Gasteiger partial charge in [-0.05, 0) is 56.5 Å². The van der Waals surface area contributed by atoms with Crippen molar-refractivity contribution >= 4 is 34.7 Å². The molecule has 2 saturated carbocycles. The largest absolute Gasteiger partial charge is 0.505 e. The second-order valence-corrected chi connectivity index (χ2v) is 13.8. The van der Waals surface area contributed by atoms with Crippen molar-refractivity contribution in [1.29, 1.82) is 0 Å². The highest BCUT2D eigenvalue weighted by atomic mass is 16.3. The number of benzene rings is 2. The van der Waals surface area contributed by atoms with E-state index in [1.54, 1.807) is 19.1 Å². The Kier molecular flexibility index (Phi) is 8.58. The SMILES string of the molecule is CC1c2ccc(NC3CCN(CCc4ccccc4)CC3)c(O)c2C(=O)C2C(=O)C3(O)C(=O)C(C(N)=O)C(=O)C(N(C)C)C3C(O)C21. The van der Waals surface area contributed by atoms with Gasteiger partial charge in [0.2, 0.25) is 5.91 Å². The fraction of sp³-hybridized carbons (Fsp3) is 0.514. The molecule has 0 bridgehead atoms. The molecular formula is C35H42N4O8. The van der Waals surface area contributed by atoms with Gasteiger partial charge in [0.1, 0.15) is 5.75 Å². The summed E-state index contributed by atoms with van der Waals surface area (Å²) in [4.78, 5) is 71.2. The van der Waals surface area contributed by atoms with Crippen molar-refractivity contribution < 1.29 is 39.3 Å². The first-order valence-corrected chi connectivity index (χ1v) is 16.2. The van der Waals surface area contributed by atoms with Crippen molar-refractivity contribution in [3.8, 4) is 5.75 Å². The summed E-state index contributed by atoms with van der Waals surface area (Å²) in [5.41, 5.74) is 4.28. The lowest BCUT2D eigenvalue weighted by atomic mass is 9.49. The van der Waals surface area contributed by atoms with Crippen LogP contribution in [0.3, 0.4) is 0 Å². The molecule has 1 amide bonds. The Balaban J connectivity index is 1.26. The molecule has 8 unspecified atom stereocenters. The molecule has 0 radical (unpaired) electrons. The normalized spacial score (nSPS) is 32.9. The molecule has 250 valence electrons. The van der Waals surface area contributed by atoms with Crippen LogP contribution < -0.4 is 11.1 Å². The fourth-order valence-electron chi connectivity index (χ4n) is 8.56. The number of primary amides is 1. The van der Waals surface area contributed by atoms with E-state index in [1.165, 1.54) is 24.6 Å². The minimum Gasteiger partial charge on any atom is -0.505 e. The van der Waals surface area contributed by atoms with Gasteiger partial charge in [-0.3, -0.25) is 28.9 Å². The number of Topliss-reactive ketones (excluding diaryl/α,β-unsaturated/α-hetero) is 4. The number of hydrogen-bond acceptors (Lipinski definition) is 11. The molecule has 47 heavy (non-hydrogen) atoms. The Bertz CT molecular complexity index is 1620. The van der Waals surface area contributed by atoms with Crippen molar-refractivity contribution in [2.45, 2.75) is 55.9 Å². The van der Waals surface area contributed by atoms with E-state index in [4.69, 9.17) is 5.73 Å². The molecule has 0 aromatic heterocycles. The molecule has 3 aliphatic carbocycles. The Morgan fingerprint density at radius 1 is 1.04 bits per heavy atom. The van der Waals surface area contributed by atoms with Gasteiger partial charge in [0.15, 0.2) is 34.7 Å². The van der Waals surface area contributed by atoms with E-state index in [2.05, 4.69) is 22.3 Å². The maximum Gasteiger partial charge on any atom is 0.235 e. The molecule has 8 atom stereocenters. The third-order valence-corrected chi connectivity index (χ3v) is 11.0. The zero-order valence-corrected chi connectivity index (χ0v) is 26.8. The van der Waals surface area contributed by atoms with Crippen LogP contribution in [0.4, 0.5) is 5.69 Å². The standard InChI is InChI=1S/C35H42N4O8/c1-17-20-9-10-21(37-19-12-15-39(16-13-19)14-11-18-7-5-4-6-8-18)28(40)23(20)29(41)24-22(17)30(42)26-27(38(2)3)31(43)25(34(36)46)33(45)35(26,47)32(24)44/h4-10,17,19,22,24-27,30,37,40,42,47H,11-16H2,1-3H3,(H2,36,46). The number of piperidine rings is 1. The van der Waals surface area contributed by atoms with E-state index in [-0.39, 0.29) is 17.4 Å². The van der Waals surface area contributed by atoms with E-state index in [9.17, 15) is 39.3 Å². The average Bonchev–Trinajstić information content (AvgIpc) is 3.03. The van der Waals surface area contributed by atoms with E-state index in [0.717, 1.165) is 38.9 Å². The van der Waals surface area contributed by atoms with Gasteiger partial charge in [-0.1, -0.05) is 43.3 Å². The molecule has 6 N–H and O–H groups in total. The van der Waals surface area contributed by atoms with Gasteiger partial charge in [0.05, 0.1) is 35.2 Å². The van der Waals surface area contributed by atoms with E-state index >= 15 is 0 Å². The highest BCUT2D eigenvalue weighted by Gasteiger charge is 2.72. The number of phenols is 1. The summed E-state index contributed by atoms with van der Waals surface area (Å²) in [5.74, 6) is -13.3. The van der Waals surface area contributed by atoms with Crippen LogP contribution in [-0.2, 0) is 25.6 Å². The number of carbonyl (C=O) groups excluding carboxylic acids is 5. The molecule has 1 saturated heterocycles. The molecule has 2 aromatic rings. The zero-order chi connectivity index (χ0) is 33.9. The van der Waals surface area contributed by atoms with Gasteiger partial charge in [-0.15, -0.1) is 0 Å². The lowest BCUT2D eigenvalue weighted by molar-refractivity contribution is -0.196. The minimum atomic E-state index is -3.02. The van der Waals surface area contributed by atoms with Gasteiger partial charge >= 0.3 is 0 Å². The van der Waals surface area contributed by atoms with Crippen molar-refractivity contribution in [1.82, 2.24) is 9.80 Å². The summed E-state index contributed by atoms with van der Waals surface area (Å²) in [5, 5.41) is 38.4. The highest BCUT2D eigenvalue weighted by molar-refractivity contribution is 6.32. The number of aromatic hydroxyl groups is 1. The topological polar surface area (TPSA) is 191 Å². The number of hydrogen-bond donors (Lipinski definition) is 5. The van der Waals surface area contributed by atoms with Gasteiger partial charge in [-0.2, -0.15) is 0 Å². The maximum absolute atomic E-state index is 14.2. The second-order valence-electron chi connectivity index (χ2n) is 13.8. The number of carbonyl (C=O) groups is 5. The third-order valence-electron chi connectivity index (χ3n) is 11.0. The summed E-state index contributed by atoms with van der Waals surface area (Å²) in [6.07, 6.45) is 0.927. The first-order valence-electron chi connectivity index (χ1n) is 16.2. The molecule has 4 aliphatic rings. The number of aliphatic hydroxyl groups is 2. The van der Waals surface area contributed by atoms with E-state index in [1.807, 2.05) is 18.2 Å². The smallest absolute Gasteiger partial charge is 0.235 e. The first-order chi connectivity index (χ1) is 22.3. The summed E-state index contributed by atoms with van der Waals surface area (Å²) in [6.45, 7) is 4.36. The Hall–Kier alpha value is -3.97. The number of ketones is 4. The number of nitrogens with one attached hydrogen (secondary N) is 1. The molecule has 0 spiro atoms. The molecule has 1 aliphatic heterocycles. The van der Waals surface area contributed by atoms with Crippen molar-refractivity contribution in [2.75, 3.05) is 39.0 Å². The van der Waals surface area contributed by atoms with Crippen LogP contribution in [0.1, 0.15) is 47.2 Å². The van der Waals surface area contributed by atoms with Crippen LogP contribution in [0, 0.1) is 23.7 Å². The fourth-order valence-corrected chi connectivity index (χ4v) is 8.56. The molecule has 12 heteroatoms. The number of fused-ring (bicyclic) bond motifs is 3. The number of amides is 1. The number of nitrogens with zero attached hydrogens (tertiary/aromatic N) is 2. The predicted molar refractivity (Wildman–Crippen MR) is 171 cm³/mol. The summed E-state index contributed by atoms with van der Waals surface area (Å²) < 4.78 is 0. The van der Waals surface area contributed by atoms with Gasteiger partial charge in [-0.25, -0.2) is 0 Å². The Morgan fingerprint density at radius 3 is 2.32 bits per heavy atom. The molecule has 2 aromatic carbocycles. The zero-order valence-electron chi connectivity index (χ0n) is 26.8. The van der Waals surface area contributed by atoms with Gasteiger partial charge in [0, 0.05) is 31.6 Å². The quantitative estimate of drug-likeness (QED) is 0.208. The van der Waals surface area contributed by atoms with Crippen LogP contribution in [0.25, 0.3) is 0 Å². The van der Waals surface area contributed by atoms with Crippen molar-refractivity contribution in [3.63, 3.8) is 0 Å². The van der Waals surface area contributed by atoms with Crippen LogP contribution >= 0.6 is 0 Å². The number of likely N-dealkylation sites (tertiary alicyclic amines) is 1. The Morgan fingerprint density at radius 2 is 1.70 bits per heavy atom. The number of likely N-dealkylation sites (N-methyl/N-ethyl adjacent to an activating group) is 1. The van der Waals surface area contributed by atoms with Crippen molar-refractivity contribution in [3.05, 3.63) is 59.2 Å². The van der Waals surface area contributed by atoms with Crippen LogP contribution in [-0.4, -0.2) is 112 Å². The van der Waals surface area contributed by atoms with Crippen LogP contribution in [0.15, 0.2) is 42.5 Å². The molecule has 3 fully saturated rings. The monoisotopic (exact) mass is 646 g/mol. The number of rotatable bonds is 7. The molecule has 6 rings (SSSR count). The first kappa shape index (κ1) is 33.0. The number of anilines is 1. The number of aliphatic hydroxyl groups excluding tert-OH is 1. The second kappa shape index (κ2) is 12.2. The van der Waals surface area contributed by atoms with Crippen molar-refractivity contribution in [2.24, 2.45) is 29.4 Å². The molecular weight excluding hydrogens is 604 g/mol. The average molecular weight is 647 g/mol. The summed E-state index contributed by atoms with van der Waals surface area (Å²) in [7, 11) is 2.93. The molecule has 1 heterocycles. The Labute approximate surface area is 272 Å². The van der Waals surface area contributed by atoms with Gasteiger partial charge < -0.3 is 31.3 Å². The number of phenolic OH excluding ortho intramolecular Hbond substituents is 1.